The smallest absolute Gasteiger partial charge is 0.321 e. The molecule has 0 radical (unpaired) electrons. The summed E-state index contributed by atoms with van der Waals surface area (Å²) in [4.78, 5) is 41.9. The average molecular weight is 501 g/mol. The van der Waals surface area contributed by atoms with Crippen molar-refractivity contribution in [3.05, 3.63) is 95.6 Å². The summed E-state index contributed by atoms with van der Waals surface area (Å²) in [5.74, 6) is 0.267. The van der Waals surface area contributed by atoms with E-state index in [4.69, 9.17) is 4.74 Å². The summed E-state index contributed by atoms with van der Waals surface area (Å²) in [6.45, 7) is 1.43. The fourth-order valence-corrected chi connectivity index (χ4v) is 4.16. The highest BCUT2D eigenvalue weighted by Crippen LogP contribution is 2.23. The number of nitrogens with one attached hydrogen (secondary N) is 2. The van der Waals surface area contributed by atoms with Crippen molar-refractivity contribution >= 4 is 23.5 Å². The minimum absolute atomic E-state index is 0.0361. The lowest BCUT2D eigenvalue weighted by Crippen LogP contribution is -2.44. The topological polar surface area (TPSA) is 91.0 Å². The first-order valence-corrected chi connectivity index (χ1v) is 12.4. The predicted octanol–water partition coefficient (Wildman–Crippen LogP) is 4.39. The number of carbonyl (C=O) groups excluding carboxylic acids is 3. The second-order valence-corrected chi connectivity index (χ2v) is 9.18. The van der Waals surface area contributed by atoms with Gasteiger partial charge in [-0.1, -0.05) is 48.5 Å². The Morgan fingerprint density at radius 2 is 1.57 bits per heavy atom. The van der Waals surface area contributed by atoms with Gasteiger partial charge < -0.3 is 25.2 Å². The molecule has 8 heteroatoms. The van der Waals surface area contributed by atoms with Crippen LogP contribution in [0, 0.1) is 0 Å². The van der Waals surface area contributed by atoms with Crippen molar-refractivity contribution in [2.45, 2.75) is 25.5 Å². The van der Waals surface area contributed by atoms with E-state index in [1.165, 1.54) is 4.90 Å². The molecule has 1 aliphatic heterocycles. The van der Waals surface area contributed by atoms with Gasteiger partial charge in [-0.05, 0) is 35.9 Å². The van der Waals surface area contributed by atoms with Gasteiger partial charge in [-0.2, -0.15) is 0 Å². The third-order valence-electron chi connectivity index (χ3n) is 6.23. The van der Waals surface area contributed by atoms with E-state index in [2.05, 4.69) is 10.6 Å². The Balaban J connectivity index is 1.42. The first kappa shape index (κ1) is 25.8. The molecule has 1 heterocycles. The van der Waals surface area contributed by atoms with E-state index in [1.54, 1.807) is 37.2 Å². The zero-order valence-electron chi connectivity index (χ0n) is 21.1. The van der Waals surface area contributed by atoms with Crippen molar-refractivity contribution in [2.75, 3.05) is 32.5 Å². The molecule has 3 aromatic carbocycles. The number of piperidine rings is 1. The molecule has 0 spiro atoms. The van der Waals surface area contributed by atoms with Gasteiger partial charge in [0.05, 0.1) is 11.3 Å². The van der Waals surface area contributed by atoms with E-state index in [9.17, 15) is 14.4 Å². The molecular formula is C29H32N4O4. The maximum Gasteiger partial charge on any atom is 0.321 e. The molecule has 0 aliphatic carbocycles. The summed E-state index contributed by atoms with van der Waals surface area (Å²) in [5.41, 5.74) is 1.96. The van der Waals surface area contributed by atoms with E-state index < -0.39 is 0 Å². The summed E-state index contributed by atoms with van der Waals surface area (Å²) in [7, 11) is 3.29. The van der Waals surface area contributed by atoms with Crippen LogP contribution in [0.4, 0.5) is 10.5 Å². The van der Waals surface area contributed by atoms with Crippen molar-refractivity contribution in [3.8, 4) is 5.75 Å². The van der Waals surface area contributed by atoms with Gasteiger partial charge in [-0.25, -0.2) is 4.79 Å². The molecule has 1 aliphatic rings. The SMILES string of the molecule is CN(C)C(=O)c1ccc(C(=O)NCc2ccccc2)cc1NC(=O)N1CCC(Oc2ccccc2)CC1. The van der Waals surface area contributed by atoms with E-state index in [0.29, 0.717) is 49.3 Å². The number of likely N-dealkylation sites (tertiary alicyclic amines) is 1. The van der Waals surface area contributed by atoms with Crippen molar-refractivity contribution < 1.29 is 19.1 Å². The number of benzene rings is 3. The largest absolute Gasteiger partial charge is 0.490 e. The molecule has 0 saturated carbocycles. The van der Waals surface area contributed by atoms with Crippen LogP contribution in [-0.4, -0.2) is 60.9 Å². The molecule has 4 amide bonds. The molecule has 3 aromatic rings. The molecule has 0 unspecified atom stereocenters. The van der Waals surface area contributed by atoms with E-state index in [1.807, 2.05) is 60.7 Å². The molecule has 1 fully saturated rings. The molecule has 37 heavy (non-hydrogen) atoms. The predicted molar refractivity (Wildman–Crippen MR) is 143 cm³/mol. The number of ether oxygens (including phenoxy) is 1. The van der Waals surface area contributed by atoms with Crippen LogP contribution in [0.2, 0.25) is 0 Å². The van der Waals surface area contributed by atoms with Crippen LogP contribution in [0.15, 0.2) is 78.9 Å². The number of amides is 4. The van der Waals surface area contributed by atoms with Crippen LogP contribution in [0.25, 0.3) is 0 Å². The maximum absolute atomic E-state index is 13.1. The Bertz CT molecular complexity index is 1220. The Morgan fingerprint density at radius 1 is 0.919 bits per heavy atom. The average Bonchev–Trinajstić information content (AvgIpc) is 2.92. The Labute approximate surface area is 217 Å². The number of nitrogens with zero attached hydrogens (tertiary/aromatic N) is 2. The van der Waals surface area contributed by atoms with Gasteiger partial charge in [0.15, 0.2) is 0 Å². The minimum Gasteiger partial charge on any atom is -0.490 e. The van der Waals surface area contributed by atoms with Gasteiger partial charge in [0.1, 0.15) is 11.9 Å². The number of rotatable bonds is 7. The summed E-state index contributed by atoms with van der Waals surface area (Å²) < 4.78 is 6.02. The number of anilines is 1. The van der Waals surface area contributed by atoms with Gasteiger partial charge >= 0.3 is 6.03 Å². The molecule has 1 saturated heterocycles. The fraction of sp³-hybridized carbons (Fsp3) is 0.276. The van der Waals surface area contributed by atoms with Crippen LogP contribution >= 0.6 is 0 Å². The number of hydrogen-bond donors (Lipinski definition) is 2. The number of urea groups is 1. The van der Waals surface area contributed by atoms with Crippen LogP contribution in [-0.2, 0) is 6.54 Å². The highest BCUT2D eigenvalue weighted by Gasteiger charge is 2.25. The second-order valence-electron chi connectivity index (χ2n) is 9.18. The van der Waals surface area contributed by atoms with Crippen LogP contribution in [0.5, 0.6) is 5.75 Å². The van der Waals surface area contributed by atoms with Crippen LogP contribution in [0.1, 0.15) is 39.1 Å². The van der Waals surface area contributed by atoms with Gasteiger partial charge in [-0.15, -0.1) is 0 Å². The summed E-state index contributed by atoms with van der Waals surface area (Å²) in [5, 5.41) is 5.75. The highest BCUT2D eigenvalue weighted by molar-refractivity contribution is 6.05. The van der Waals surface area contributed by atoms with Crippen LogP contribution in [0.3, 0.4) is 0 Å². The normalized spacial score (nSPS) is 13.5. The van der Waals surface area contributed by atoms with Gasteiger partial charge in [0, 0.05) is 52.1 Å². The summed E-state index contributed by atoms with van der Waals surface area (Å²) >= 11 is 0. The van der Waals surface area contributed by atoms with Crippen molar-refractivity contribution in [1.82, 2.24) is 15.1 Å². The number of hydrogen-bond acceptors (Lipinski definition) is 4. The number of para-hydroxylation sites is 1. The Kier molecular flexibility index (Phi) is 8.40. The van der Waals surface area contributed by atoms with Crippen LogP contribution < -0.4 is 15.4 Å². The zero-order valence-corrected chi connectivity index (χ0v) is 21.1. The first-order chi connectivity index (χ1) is 17.9. The molecule has 0 atom stereocenters. The molecule has 2 N–H and O–H groups in total. The third kappa shape index (κ3) is 6.88. The van der Waals surface area contributed by atoms with Gasteiger partial charge in [0.2, 0.25) is 0 Å². The summed E-state index contributed by atoms with van der Waals surface area (Å²) in [6, 6.07) is 23.7. The standard InChI is InChI=1S/C29H32N4O4/c1-32(2)28(35)25-14-13-22(27(34)30-20-21-9-5-3-6-10-21)19-26(25)31-29(36)33-17-15-24(16-18-33)37-23-11-7-4-8-12-23/h3-14,19,24H,15-18,20H2,1-2H3,(H,30,34)(H,31,36). The molecule has 8 nitrogen and oxygen atoms in total. The first-order valence-electron chi connectivity index (χ1n) is 12.4. The zero-order chi connectivity index (χ0) is 26.2. The number of carbonyl (C=O) groups is 3. The Morgan fingerprint density at radius 3 is 2.22 bits per heavy atom. The molecule has 4 rings (SSSR count). The second kappa shape index (κ2) is 12.1. The highest BCUT2D eigenvalue weighted by atomic mass is 16.5. The monoisotopic (exact) mass is 500 g/mol. The lowest BCUT2D eigenvalue weighted by molar-refractivity contribution is 0.0827. The molecule has 0 aromatic heterocycles. The van der Waals surface area contributed by atoms with Gasteiger partial charge in [-0.3, -0.25) is 9.59 Å². The van der Waals surface area contributed by atoms with Gasteiger partial charge in [0.25, 0.3) is 11.8 Å². The molecular weight excluding hydrogens is 468 g/mol. The van der Waals surface area contributed by atoms with Crippen molar-refractivity contribution in [3.63, 3.8) is 0 Å². The van der Waals surface area contributed by atoms with E-state index >= 15 is 0 Å². The quantitative estimate of drug-likeness (QED) is 0.503. The Hall–Kier alpha value is -4.33. The third-order valence-corrected chi connectivity index (χ3v) is 6.23. The minimum atomic E-state index is -0.312. The lowest BCUT2D eigenvalue weighted by atomic mass is 10.1. The molecule has 0 bridgehead atoms. The van der Waals surface area contributed by atoms with Crippen molar-refractivity contribution in [2.24, 2.45) is 0 Å². The maximum atomic E-state index is 13.1. The van der Waals surface area contributed by atoms with E-state index in [-0.39, 0.29) is 23.9 Å². The van der Waals surface area contributed by atoms with Crippen molar-refractivity contribution in [1.29, 1.82) is 0 Å². The summed E-state index contributed by atoms with van der Waals surface area (Å²) in [6.07, 6.45) is 1.44. The fourth-order valence-electron chi connectivity index (χ4n) is 4.16. The lowest BCUT2D eigenvalue weighted by Gasteiger charge is -2.32. The molecule has 192 valence electrons. The van der Waals surface area contributed by atoms with E-state index in [0.717, 1.165) is 11.3 Å².